The first-order valence-corrected chi connectivity index (χ1v) is 8.99. The zero-order valence-corrected chi connectivity index (χ0v) is 16.9. The topological polar surface area (TPSA) is 157 Å². The number of carbonyl (C=O) groups is 4. The number of rotatable bonds is 8. The zero-order chi connectivity index (χ0) is 22.6. The summed E-state index contributed by atoms with van der Waals surface area (Å²) in [5.74, 6) is -2.15. The second kappa shape index (κ2) is 8.76. The number of anilines is 1. The highest BCUT2D eigenvalue weighted by molar-refractivity contribution is 6.08. The van der Waals surface area contributed by atoms with E-state index in [1.165, 1.54) is 33.1 Å². The Morgan fingerprint density at radius 1 is 1.37 bits per heavy atom. The van der Waals surface area contributed by atoms with E-state index in [9.17, 15) is 29.3 Å². The minimum atomic E-state index is -1.34. The van der Waals surface area contributed by atoms with Crippen LogP contribution in [0.25, 0.3) is 0 Å². The lowest BCUT2D eigenvalue weighted by molar-refractivity contribution is -0.384. The molecule has 12 heteroatoms. The van der Waals surface area contributed by atoms with Gasteiger partial charge in [0.05, 0.1) is 18.1 Å². The summed E-state index contributed by atoms with van der Waals surface area (Å²) in [6.07, 6.45) is -1.000. The molecule has 1 aromatic carbocycles. The molecule has 0 saturated carbocycles. The number of benzene rings is 1. The molecule has 0 aliphatic carbocycles. The molecule has 1 saturated heterocycles. The number of hydrogen-bond acceptors (Lipinski definition) is 8. The van der Waals surface area contributed by atoms with Crippen LogP contribution in [0.5, 0.6) is 5.75 Å². The lowest BCUT2D eigenvalue weighted by atomic mass is 9.99. The van der Waals surface area contributed by atoms with Crippen molar-refractivity contribution in [2.75, 3.05) is 19.0 Å². The average molecular weight is 422 g/mol. The van der Waals surface area contributed by atoms with Crippen LogP contribution in [-0.4, -0.2) is 58.9 Å². The number of nitrogens with zero attached hydrogens (tertiary/aromatic N) is 2. The third kappa shape index (κ3) is 4.64. The molecule has 30 heavy (non-hydrogen) atoms. The van der Waals surface area contributed by atoms with Gasteiger partial charge >= 0.3 is 12.0 Å². The maximum absolute atomic E-state index is 12.3. The minimum absolute atomic E-state index is 0.110. The molecule has 2 N–H and O–H groups in total. The first-order valence-electron chi connectivity index (χ1n) is 8.99. The number of nitro groups is 1. The van der Waals surface area contributed by atoms with Crippen molar-refractivity contribution in [2.24, 2.45) is 0 Å². The number of nitro benzene ring substituents is 1. The van der Waals surface area contributed by atoms with Gasteiger partial charge in [-0.1, -0.05) is 6.92 Å². The Balaban J connectivity index is 2.01. The number of urea groups is 1. The van der Waals surface area contributed by atoms with E-state index in [0.29, 0.717) is 11.3 Å². The molecule has 1 aliphatic rings. The largest absolute Gasteiger partial charge is 0.496 e. The maximum Gasteiger partial charge on any atom is 0.327 e. The fraction of sp³-hybridized carbons (Fsp3) is 0.444. The van der Waals surface area contributed by atoms with Gasteiger partial charge < -0.3 is 20.1 Å². The molecule has 0 bridgehead atoms. The highest BCUT2D eigenvalue weighted by atomic mass is 16.6. The predicted octanol–water partition coefficient (Wildman–Crippen LogP) is 1.19. The summed E-state index contributed by atoms with van der Waals surface area (Å²) < 4.78 is 9.89. The van der Waals surface area contributed by atoms with E-state index in [1.807, 2.05) is 0 Å². The van der Waals surface area contributed by atoms with E-state index in [4.69, 9.17) is 9.47 Å². The molecule has 1 aromatic rings. The molecule has 4 amide bonds. The summed E-state index contributed by atoms with van der Waals surface area (Å²) >= 11 is 0. The molecule has 0 spiro atoms. The highest BCUT2D eigenvalue weighted by Crippen LogP contribution is 2.29. The van der Waals surface area contributed by atoms with E-state index in [-0.39, 0.29) is 11.4 Å². The van der Waals surface area contributed by atoms with Crippen molar-refractivity contribution in [3.63, 3.8) is 0 Å². The lowest BCUT2D eigenvalue weighted by Gasteiger charge is -2.19. The normalized spacial score (nSPS) is 19.1. The Hall–Kier alpha value is -3.70. The van der Waals surface area contributed by atoms with Crippen LogP contribution >= 0.6 is 0 Å². The van der Waals surface area contributed by atoms with Gasteiger partial charge in [-0.15, -0.1) is 0 Å². The number of hydrogen-bond donors (Lipinski definition) is 2. The van der Waals surface area contributed by atoms with Crippen molar-refractivity contribution in [3.8, 4) is 5.75 Å². The third-order valence-electron chi connectivity index (χ3n) is 4.68. The lowest BCUT2D eigenvalue weighted by Crippen LogP contribution is -2.44. The van der Waals surface area contributed by atoms with E-state index in [0.717, 1.165) is 6.07 Å². The molecule has 2 atom stereocenters. The molecule has 2 unspecified atom stereocenters. The van der Waals surface area contributed by atoms with Crippen LogP contribution in [0, 0.1) is 10.1 Å². The van der Waals surface area contributed by atoms with Gasteiger partial charge in [0.15, 0.2) is 6.10 Å². The Bertz CT molecular complexity index is 902. The van der Waals surface area contributed by atoms with Gasteiger partial charge in [-0.25, -0.2) is 4.79 Å². The molecule has 12 nitrogen and oxygen atoms in total. The van der Waals surface area contributed by atoms with Crippen LogP contribution in [0.15, 0.2) is 18.2 Å². The Morgan fingerprint density at radius 3 is 2.57 bits per heavy atom. The quantitative estimate of drug-likeness (QED) is 0.274. The van der Waals surface area contributed by atoms with Gasteiger partial charge in [-0.2, -0.15) is 0 Å². The Morgan fingerprint density at radius 2 is 2.03 bits per heavy atom. The number of nitrogens with one attached hydrogen (secondary N) is 2. The predicted molar refractivity (Wildman–Crippen MR) is 103 cm³/mol. The van der Waals surface area contributed by atoms with Crippen LogP contribution in [0.4, 0.5) is 16.2 Å². The van der Waals surface area contributed by atoms with E-state index in [1.54, 1.807) is 6.92 Å². The van der Waals surface area contributed by atoms with Crippen molar-refractivity contribution in [1.29, 1.82) is 0 Å². The van der Waals surface area contributed by atoms with Crippen LogP contribution in [-0.2, 0) is 19.1 Å². The van der Waals surface area contributed by atoms with Crippen LogP contribution < -0.4 is 15.4 Å². The summed E-state index contributed by atoms with van der Waals surface area (Å²) in [5, 5.41) is 16.0. The standard InChI is InChI=1S/C18H22N4O8/c1-5-18(3)16(25)21(17(26)20-18)9-14(23)30-10(2)15(24)19-12-7-6-11(29-4)8-13(12)22(27)28/h6-8,10H,5,9H2,1-4H3,(H,19,24)(H,20,26). The Kier molecular flexibility index (Phi) is 6.59. The molecule has 0 aromatic heterocycles. The van der Waals surface area contributed by atoms with Crippen molar-refractivity contribution in [1.82, 2.24) is 10.2 Å². The molecule has 1 heterocycles. The van der Waals surface area contributed by atoms with Gasteiger partial charge in [0.2, 0.25) is 0 Å². The van der Waals surface area contributed by atoms with E-state index < -0.39 is 52.6 Å². The number of methoxy groups -OCH3 is 1. The van der Waals surface area contributed by atoms with Crippen molar-refractivity contribution >= 4 is 35.2 Å². The van der Waals surface area contributed by atoms with Gasteiger partial charge in [-0.05, 0) is 32.4 Å². The van der Waals surface area contributed by atoms with Gasteiger partial charge in [0.1, 0.15) is 23.5 Å². The van der Waals surface area contributed by atoms with Crippen molar-refractivity contribution in [3.05, 3.63) is 28.3 Å². The molecule has 2 rings (SSSR count). The summed E-state index contributed by atoms with van der Waals surface area (Å²) in [4.78, 5) is 59.9. The summed E-state index contributed by atoms with van der Waals surface area (Å²) in [6, 6.07) is 3.10. The smallest absolute Gasteiger partial charge is 0.327 e. The first-order chi connectivity index (χ1) is 14.0. The molecular formula is C18H22N4O8. The number of carbonyl (C=O) groups excluding carboxylic acids is 4. The number of imide groups is 1. The van der Waals surface area contributed by atoms with Crippen molar-refractivity contribution < 1.29 is 33.6 Å². The van der Waals surface area contributed by atoms with Gasteiger partial charge in [-0.3, -0.25) is 29.4 Å². The molecule has 1 fully saturated rings. The summed E-state index contributed by atoms with van der Waals surface area (Å²) in [7, 11) is 1.34. The van der Waals surface area contributed by atoms with Crippen LogP contribution in [0.2, 0.25) is 0 Å². The summed E-state index contributed by atoms with van der Waals surface area (Å²) in [5.41, 5.74) is -1.62. The fourth-order valence-corrected chi connectivity index (χ4v) is 2.68. The monoisotopic (exact) mass is 422 g/mol. The zero-order valence-electron chi connectivity index (χ0n) is 16.9. The third-order valence-corrected chi connectivity index (χ3v) is 4.68. The highest BCUT2D eigenvalue weighted by Gasteiger charge is 2.47. The SMILES string of the molecule is CCC1(C)NC(=O)N(CC(=O)OC(C)C(=O)Nc2ccc(OC)cc2[N+](=O)[O-])C1=O. The fourth-order valence-electron chi connectivity index (χ4n) is 2.68. The van der Waals surface area contributed by atoms with E-state index >= 15 is 0 Å². The van der Waals surface area contributed by atoms with Crippen LogP contribution in [0.3, 0.4) is 0 Å². The minimum Gasteiger partial charge on any atom is -0.496 e. The van der Waals surface area contributed by atoms with Crippen molar-refractivity contribution in [2.45, 2.75) is 38.8 Å². The first kappa shape index (κ1) is 22.6. The number of esters is 1. The molecule has 162 valence electrons. The molecule has 0 radical (unpaired) electrons. The Labute approximate surface area is 171 Å². The molecular weight excluding hydrogens is 400 g/mol. The average Bonchev–Trinajstić information content (AvgIpc) is 2.91. The van der Waals surface area contributed by atoms with E-state index in [2.05, 4.69) is 10.6 Å². The second-order valence-electron chi connectivity index (χ2n) is 6.77. The number of amides is 4. The van der Waals surface area contributed by atoms with Gasteiger partial charge in [0.25, 0.3) is 17.5 Å². The maximum atomic E-state index is 12.3. The van der Waals surface area contributed by atoms with Crippen LogP contribution in [0.1, 0.15) is 27.2 Å². The second-order valence-corrected chi connectivity index (χ2v) is 6.77. The number of ether oxygens (including phenoxy) is 2. The summed E-state index contributed by atoms with van der Waals surface area (Å²) in [6.45, 7) is 3.84. The molecule has 1 aliphatic heterocycles. The van der Waals surface area contributed by atoms with Gasteiger partial charge in [0, 0.05) is 0 Å².